The molecule has 0 spiro atoms. The second kappa shape index (κ2) is 8.17. The number of anilines is 1. The van der Waals surface area contributed by atoms with E-state index in [2.05, 4.69) is 5.32 Å². The number of ether oxygens (including phenoxy) is 1. The van der Waals surface area contributed by atoms with E-state index in [4.69, 9.17) is 9.15 Å². The summed E-state index contributed by atoms with van der Waals surface area (Å²) in [7, 11) is 0. The maximum Gasteiger partial charge on any atom is 0.344 e. The number of hydrogen-bond donors (Lipinski definition) is 5. The van der Waals surface area contributed by atoms with Crippen LogP contribution in [0.5, 0.6) is 0 Å². The average Bonchev–Trinajstić information content (AvgIpc) is 2.74. The number of rotatable bonds is 4. The third-order valence-electron chi connectivity index (χ3n) is 5.46. The van der Waals surface area contributed by atoms with Crippen molar-refractivity contribution in [1.29, 1.82) is 0 Å². The molecule has 5 N–H and O–H groups in total. The van der Waals surface area contributed by atoms with Gasteiger partial charge in [0, 0.05) is 17.1 Å². The van der Waals surface area contributed by atoms with Crippen LogP contribution in [0.2, 0.25) is 0 Å². The van der Waals surface area contributed by atoms with E-state index in [0.29, 0.717) is 16.8 Å². The van der Waals surface area contributed by atoms with Crippen LogP contribution in [0.3, 0.4) is 0 Å². The van der Waals surface area contributed by atoms with Gasteiger partial charge in [-0.2, -0.15) is 0 Å². The first-order valence-electron chi connectivity index (χ1n) is 9.60. The van der Waals surface area contributed by atoms with Crippen molar-refractivity contribution >= 4 is 16.7 Å². The molecule has 0 amide bonds. The lowest BCUT2D eigenvalue weighted by Gasteiger charge is -2.40. The third kappa shape index (κ3) is 3.60. The van der Waals surface area contributed by atoms with Crippen molar-refractivity contribution in [1.82, 2.24) is 0 Å². The monoisotopic (exact) mass is 413 g/mol. The van der Waals surface area contributed by atoms with Gasteiger partial charge in [-0.15, -0.1) is 0 Å². The fourth-order valence-electron chi connectivity index (χ4n) is 3.83. The highest BCUT2D eigenvalue weighted by Gasteiger charge is 2.43. The molecule has 1 aromatic heterocycles. The van der Waals surface area contributed by atoms with Crippen molar-refractivity contribution < 1.29 is 29.6 Å². The van der Waals surface area contributed by atoms with Gasteiger partial charge in [0.15, 0.2) is 6.29 Å². The molecule has 2 heterocycles. The van der Waals surface area contributed by atoms with E-state index < -0.39 is 42.9 Å². The van der Waals surface area contributed by atoms with E-state index in [1.807, 2.05) is 37.3 Å². The first-order valence-corrected chi connectivity index (χ1v) is 9.60. The molecule has 8 heteroatoms. The summed E-state index contributed by atoms with van der Waals surface area (Å²) in [6.45, 7) is 1.31. The summed E-state index contributed by atoms with van der Waals surface area (Å²) in [5.41, 5.74) is 2.38. The van der Waals surface area contributed by atoms with E-state index in [-0.39, 0.29) is 0 Å². The van der Waals surface area contributed by atoms with E-state index in [1.165, 1.54) is 0 Å². The second-order valence-corrected chi connectivity index (χ2v) is 7.37. The van der Waals surface area contributed by atoms with Crippen LogP contribution in [-0.4, -0.2) is 57.7 Å². The molecule has 5 atom stereocenters. The van der Waals surface area contributed by atoms with Crippen molar-refractivity contribution in [2.45, 2.75) is 37.6 Å². The van der Waals surface area contributed by atoms with E-state index >= 15 is 0 Å². The molecular weight excluding hydrogens is 390 g/mol. The highest BCUT2D eigenvalue weighted by atomic mass is 16.6. The van der Waals surface area contributed by atoms with Crippen molar-refractivity contribution in [2.75, 3.05) is 11.9 Å². The Morgan fingerprint density at radius 1 is 1.03 bits per heavy atom. The summed E-state index contributed by atoms with van der Waals surface area (Å²) in [6.07, 6.45) is -5.28. The van der Waals surface area contributed by atoms with Crippen molar-refractivity contribution in [2.24, 2.45) is 0 Å². The number of benzene rings is 2. The first-order chi connectivity index (χ1) is 14.4. The molecule has 0 saturated carbocycles. The quantitative estimate of drug-likeness (QED) is 0.400. The van der Waals surface area contributed by atoms with E-state index in [0.717, 1.165) is 16.5 Å². The van der Waals surface area contributed by atoms with Gasteiger partial charge in [-0.3, -0.25) is 0 Å². The van der Waals surface area contributed by atoms with Crippen molar-refractivity contribution in [3.8, 4) is 11.1 Å². The Bertz CT molecular complexity index is 1100. The number of nitrogens with one attached hydrogen (secondary N) is 1. The molecule has 8 nitrogen and oxygen atoms in total. The van der Waals surface area contributed by atoms with Crippen LogP contribution in [0.1, 0.15) is 5.56 Å². The van der Waals surface area contributed by atoms with Gasteiger partial charge >= 0.3 is 5.63 Å². The molecule has 30 heavy (non-hydrogen) atoms. The van der Waals surface area contributed by atoms with Crippen LogP contribution in [0.15, 0.2) is 57.7 Å². The number of aliphatic hydroxyl groups excluding tert-OH is 4. The summed E-state index contributed by atoms with van der Waals surface area (Å²) in [4.78, 5) is 12.6. The van der Waals surface area contributed by atoms with E-state index in [1.54, 1.807) is 18.2 Å². The van der Waals surface area contributed by atoms with Crippen LogP contribution >= 0.6 is 0 Å². The number of fused-ring (bicyclic) bond motifs is 1. The lowest BCUT2D eigenvalue weighted by atomic mass is 9.96. The maximum absolute atomic E-state index is 12.6. The molecule has 1 aliphatic rings. The SMILES string of the molecule is Cc1c(-c2ccccc2)c(=O)oc2cc(NC3[C@H](O)OC(CO)[C@@H](O)[C@@H]3O)ccc12. The Balaban J connectivity index is 1.67. The van der Waals surface area contributed by atoms with Crippen LogP contribution in [0, 0.1) is 6.92 Å². The zero-order chi connectivity index (χ0) is 21.4. The zero-order valence-electron chi connectivity index (χ0n) is 16.2. The van der Waals surface area contributed by atoms with Gasteiger partial charge in [0.1, 0.15) is 29.9 Å². The summed E-state index contributed by atoms with van der Waals surface area (Å²) in [5, 5.41) is 43.3. The van der Waals surface area contributed by atoms with Gasteiger partial charge in [0.2, 0.25) is 0 Å². The minimum atomic E-state index is -1.45. The molecule has 1 aliphatic heterocycles. The predicted molar refractivity (Wildman–Crippen MR) is 110 cm³/mol. The van der Waals surface area contributed by atoms with Crippen LogP contribution in [0.25, 0.3) is 22.1 Å². The van der Waals surface area contributed by atoms with Crippen molar-refractivity contribution in [3.05, 3.63) is 64.5 Å². The molecule has 0 radical (unpaired) electrons. The average molecular weight is 413 g/mol. The molecular formula is C22H23NO7. The van der Waals surface area contributed by atoms with Gasteiger partial charge in [0.25, 0.3) is 0 Å². The van der Waals surface area contributed by atoms with Crippen LogP contribution in [0.4, 0.5) is 5.69 Å². The standard InChI is InChI=1S/C22H23NO7/c1-11-14-8-7-13(23-18-20(26)19(25)16(10-24)30-22(18)28)9-15(14)29-21(27)17(11)12-5-3-2-4-6-12/h2-9,16,18-20,22-26,28H,10H2,1H3/t16?,18?,19-,20-,22-/m1/s1. The van der Waals surface area contributed by atoms with E-state index in [9.17, 15) is 25.2 Å². The molecule has 158 valence electrons. The number of aryl methyl sites for hydroxylation is 1. The lowest BCUT2D eigenvalue weighted by Crippen LogP contribution is -2.61. The molecule has 2 unspecified atom stereocenters. The Hall–Kier alpha value is -2.75. The summed E-state index contributed by atoms with van der Waals surface area (Å²) in [6, 6.07) is 13.3. The number of aliphatic hydroxyl groups is 4. The fourth-order valence-corrected chi connectivity index (χ4v) is 3.83. The normalized spacial score (nSPS) is 26.6. The fraction of sp³-hybridized carbons (Fsp3) is 0.318. The van der Waals surface area contributed by atoms with Crippen LogP contribution in [-0.2, 0) is 4.74 Å². The molecule has 1 fully saturated rings. The van der Waals surface area contributed by atoms with Gasteiger partial charge in [0.05, 0.1) is 12.2 Å². The summed E-state index contributed by atoms with van der Waals surface area (Å²) < 4.78 is 10.7. The third-order valence-corrected chi connectivity index (χ3v) is 5.46. The maximum atomic E-state index is 12.6. The van der Waals surface area contributed by atoms with Crippen LogP contribution < -0.4 is 10.9 Å². The topological polar surface area (TPSA) is 132 Å². The number of hydrogen-bond acceptors (Lipinski definition) is 8. The highest BCUT2D eigenvalue weighted by molar-refractivity contribution is 5.88. The second-order valence-electron chi connectivity index (χ2n) is 7.37. The molecule has 2 aromatic carbocycles. The predicted octanol–water partition coefficient (Wildman–Crippen LogP) is 0.980. The molecule has 4 rings (SSSR count). The van der Waals surface area contributed by atoms with Gasteiger partial charge in [-0.25, -0.2) is 4.79 Å². The molecule has 0 bridgehead atoms. The largest absolute Gasteiger partial charge is 0.422 e. The molecule has 3 aromatic rings. The Kier molecular flexibility index (Phi) is 5.59. The van der Waals surface area contributed by atoms with Crippen molar-refractivity contribution in [3.63, 3.8) is 0 Å². The molecule has 1 saturated heterocycles. The highest BCUT2D eigenvalue weighted by Crippen LogP contribution is 2.29. The van der Waals surface area contributed by atoms with Gasteiger partial charge < -0.3 is 34.9 Å². The van der Waals surface area contributed by atoms with Gasteiger partial charge in [-0.1, -0.05) is 30.3 Å². The zero-order valence-corrected chi connectivity index (χ0v) is 16.2. The summed E-state index contributed by atoms with van der Waals surface area (Å²) in [5.74, 6) is 0. The van der Waals surface area contributed by atoms with Gasteiger partial charge in [-0.05, 0) is 30.2 Å². The minimum Gasteiger partial charge on any atom is -0.422 e. The Morgan fingerprint density at radius 2 is 1.77 bits per heavy atom. The smallest absolute Gasteiger partial charge is 0.344 e. The Labute approximate surface area is 172 Å². The Morgan fingerprint density at radius 3 is 2.47 bits per heavy atom. The minimum absolute atomic E-state index is 0.344. The summed E-state index contributed by atoms with van der Waals surface area (Å²) >= 11 is 0. The molecule has 0 aliphatic carbocycles. The first kappa shape index (κ1) is 20.5. The lowest BCUT2D eigenvalue weighted by molar-refractivity contribution is -0.245.